The average Bonchev–Trinajstić information content (AvgIpc) is 3.14. The van der Waals surface area contributed by atoms with Gasteiger partial charge in [0.15, 0.2) is 11.5 Å². The molecule has 1 aliphatic heterocycles. The van der Waals surface area contributed by atoms with Crippen LogP contribution in [-0.4, -0.2) is 43.8 Å². The molecule has 1 fully saturated rings. The van der Waals surface area contributed by atoms with E-state index in [2.05, 4.69) is 51.5 Å². The summed E-state index contributed by atoms with van der Waals surface area (Å²) in [5.74, 6) is 1.30. The molecule has 0 bridgehead atoms. The van der Waals surface area contributed by atoms with Gasteiger partial charge in [0.25, 0.3) is 0 Å². The summed E-state index contributed by atoms with van der Waals surface area (Å²) in [6.07, 6.45) is 5.18. The molecular weight excluding hydrogens is 366 g/mol. The molecule has 0 saturated carbocycles. The molecular formula is C21H23N7O. The summed E-state index contributed by atoms with van der Waals surface area (Å²) in [5, 5.41) is 4.78. The molecule has 1 saturated heterocycles. The molecule has 0 radical (unpaired) electrons. The van der Waals surface area contributed by atoms with E-state index in [1.807, 2.05) is 4.57 Å². The third-order valence-corrected chi connectivity index (χ3v) is 5.46. The fraction of sp³-hybridized carbons (Fsp3) is 0.333. The predicted octanol–water partition coefficient (Wildman–Crippen LogP) is 2.90. The largest absolute Gasteiger partial charge is 0.382 e. The Labute approximate surface area is 168 Å². The number of benzene rings is 1. The highest BCUT2D eigenvalue weighted by atomic mass is 16.5. The number of aryl methyl sites for hydroxylation is 1. The number of nitrogens with one attached hydrogen (secondary N) is 1. The Morgan fingerprint density at radius 1 is 1.17 bits per heavy atom. The Morgan fingerprint density at radius 2 is 2.03 bits per heavy atom. The standard InChI is InChI=1S/C21H23N7O/c1-13-3-2-4-14-9-15(10-28-12-25-18-19(22)23-11-24-21(18)28)20(27-17(13)14)26-16-5-7-29-8-6-16/h2-4,9,11-12,16H,5-8,10H2,1H3,(H,26,27)(H2,22,23,24). The molecule has 3 N–H and O–H groups in total. The van der Waals surface area contributed by atoms with Gasteiger partial charge in [0.2, 0.25) is 0 Å². The van der Waals surface area contributed by atoms with Gasteiger partial charge in [-0.1, -0.05) is 18.2 Å². The van der Waals surface area contributed by atoms with Gasteiger partial charge in [0, 0.05) is 30.2 Å². The first kappa shape index (κ1) is 17.8. The summed E-state index contributed by atoms with van der Waals surface area (Å²) >= 11 is 0. The highest BCUT2D eigenvalue weighted by molar-refractivity contribution is 5.85. The van der Waals surface area contributed by atoms with Crippen LogP contribution in [0.15, 0.2) is 36.9 Å². The molecule has 148 valence electrons. The molecule has 0 unspecified atom stereocenters. The number of rotatable bonds is 4. The molecule has 1 aliphatic rings. The van der Waals surface area contributed by atoms with Gasteiger partial charge in [-0.15, -0.1) is 0 Å². The van der Waals surface area contributed by atoms with Gasteiger partial charge >= 0.3 is 0 Å². The second kappa shape index (κ2) is 7.29. The number of para-hydroxylation sites is 1. The molecule has 8 heteroatoms. The van der Waals surface area contributed by atoms with Crippen LogP contribution in [0.5, 0.6) is 0 Å². The topological polar surface area (TPSA) is 104 Å². The lowest BCUT2D eigenvalue weighted by Crippen LogP contribution is -2.29. The maximum absolute atomic E-state index is 5.94. The maximum atomic E-state index is 5.94. The number of nitrogens with two attached hydrogens (primary N) is 1. The molecule has 1 aromatic carbocycles. The molecule has 0 aliphatic carbocycles. The van der Waals surface area contributed by atoms with Gasteiger partial charge < -0.3 is 20.4 Å². The van der Waals surface area contributed by atoms with Crippen LogP contribution in [0, 0.1) is 6.92 Å². The Morgan fingerprint density at radius 3 is 2.90 bits per heavy atom. The second-order valence-electron chi connectivity index (χ2n) is 7.48. The van der Waals surface area contributed by atoms with Crippen molar-refractivity contribution >= 4 is 33.7 Å². The molecule has 29 heavy (non-hydrogen) atoms. The lowest BCUT2D eigenvalue weighted by molar-refractivity contribution is 0.0904. The van der Waals surface area contributed by atoms with Crippen molar-refractivity contribution in [3.63, 3.8) is 0 Å². The first-order chi connectivity index (χ1) is 14.2. The van der Waals surface area contributed by atoms with Crippen LogP contribution in [-0.2, 0) is 11.3 Å². The second-order valence-corrected chi connectivity index (χ2v) is 7.48. The van der Waals surface area contributed by atoms with E-state index in [1.54, 1.807) is 6.33 Å². The molecule has 0 atom stereocenters. The molecule has 0 spiro atoms. The molecule has 0 amide bonds. The van der Waals surface area contributed by atoms with E-state index in [0.717, 1.165) is 59.6 Å². The average molecular weight is 389 g/mol. The van der Waals surface area contributed by atoms with Crippen molar-refractivity contribution in [1.82, 2.24) is 24.5 Å². The molecule has 4 aromatic rings. The number of nitrogen functional groups attached to an aromatic ring is 1. The number of pyridine rings is 1. The third-order valence-electron chi connectivity index (χ3n) is 5.46. The highest BCUT2D eigenvalue weighted by Gasteiger charge is 2.18. The molecule has 3 aromatic heterocycles. The number of hydrogen-bond donors (Lipinski definition) is 2. The van der Waals surface area contributed by atoms with Crippen molar-refractivity contribution in [1.29, 1.82) is 0 Å². The van der Waals surface area contributed by atoms with Crippen molar-refractivity contribution in [2.75, 3.05) is 24.3 Å². The molecule has 8 nitrogen and oxygen atoms in total. The van der Waals surface area contributed by atoms with Crippen molar-refractivity contribution < 1.29 is 4.74 Å². The van der Waals surface area contributed by atoms with Gasteiger partial charge in [0.1, 0.15) is 17.7 Å². The van der Waals surface area contributed by atoms with E-state index in [0.29, 0.717) is 23.9 Å². The Bertz CT molecular complexity index is 1180. The Kier molecular flexibility index (Phi) is 4.48. The number of anilines is 2. The van der Waals surface area contributed by atoms with Gasteiger partial charge in [-0.2, -0.15) is 0 Å². The summed E-state index contributed by atoms with van der Waals surface area (Å²) in [4.78, 5) is 17.8. The van der Waals surface area contributed by atoms with E-state index < -0.39 is 0 Å². The summed E-state index contributed by atoms with van der Waals surface area (Å²) in [5.41, 5.74) is 10.6. The lowest BCUT2D eigenvalue weighted by Gasteiger charge is -2.25. The fourth-order valence-corrected chi connectivity index (χ4v) is 3.87. The van der Waals surface area contributed by atoms with E-state index in [4.69, 9.17) is 15.5 Å². The fourth-order valence-electron chi connectivity index (χ4n) is 3.87. The zero-order valence-corrected chi connectivity index (χ0v) is 16.3. The SMILES string of the molecule is Cc1cccc2cc(Cn3cnc4c(N)ncnc43)c(NC3CCOCC3)nc12. The van der Waals surface area contributed by atoms with Gasteiger partial charge in [-0.3, -0.25) is 0 Å². The van der Waals surface area contributed by atoms with Crippen LogP contribution in [0.3, 0.4) is 0 Å². The predicted molar refractivity (Wildman–Crippen MR) is 113 cm³/mol. The maximum Gasteiger partial charge on any atom is 0.165 e. The monoisotopic (exact) mass is 389 g/mol. The number of fused-ring (bicyclic) bond motifs is 2. The Hall–Kier alpha value is -3.26. The minimum Gasteiger partial charge on any atom is -0.382 e. The van der Waals surface area contributed by atoms with Gasteiger partial charge in [-0.25, -0.2) is 19.9 Å². The van der Waals surface area contributed by atoms with Gasteiger partial charge in [0.05, 0.1) is 18.4 Å². The smallest absolute Gasteiger partial charge is 0.165 e. The van der Waals surface area contributed by atoms with Crippen molar-refractivity contribution in [2.24, 2.45) is 0 Å². The van der Waals surface area contributed by atoms with E-state index >= 15 is 0 Å². The summed E-state index contributed by atoms with van der Waals surface area (Å²) < 4.78 is 7.49. The minimum absolute atomic E-state index is 0.356. The third kappa shape index (κ3) is 3.36. The lowest BCUT2D eigenvalue weighted by atomic mass is 10.1. The van der Waals surface area contributed by atoms with Gasteiger partial charge in [-0.05, 0) is 31.4 Å². The quantitative estimate of drug-likeness (QED) is 0.553. The zero-order valence-electron chi connectivity index (χ0n) is 16.3. The minimum atomic E-state index is 0.356. The van der Waals surface area contributed by atoms with Crippen LogP contribution in [0.2, 0.25) is 0 Å². The normalized spacial score (nSPS) is 15.2. The Balaban J connectivity index is 1.58. The molecule has 5 rings (SSSR count). The number of hydrogen-bond acceptors (Lipinski definition) is 7. The number of imidazole rings is 1. The number of aromatic nitrogens is 5. The first-order valence-corrected chi connectivity index (χ1v) is 9.84. The number of ether oxygens (including phenoxy) is 1. The van der Waals surface area contributed by atoms with Crippen molar-refractivity contribution in [3.8, 4) is 0 Å². The summed E-state index contributed by atoms with van der Waals surface area (Å²) in [6.45, 7) is 4.25. The van der Waals surface area contributed by atoms with Crippen LogP contribution < -0.4 is 11.1 Å². The van der Waals surface area contributed by atoms with Crippen LogP contribution >= 0.6 is 0 Å². The summed E-state index contributed by atoms with van der Waals surface area (Å²) in [6, 6.07) is 8.82. The van der Waals surface area contributed by atoms with Crippen LogP contribution in [0.25, 0.3) is 22.1 Å². The highest BCUT2D eigenvalue weighted by Crippen LogP contribution is 2.26. The van der Waals surface area contributed by atoms with Crippen LogP contribution in [0.1, 0.15) is 24.0 Å². The molecule has 4 heterocycles. The van der Waals surface area contributed by atoms with Crippen molar-refractivity contribution in [3.05, 3.63) is 48.0 Å². The first-order valence-electron chi connectivity index (χ1n) is 9.84. The summed E-state index contributed by atoms with van der Waals surface area (Å²) in [7, 11) is 0. The zero-order chi connectivity index (χ0) is 19.8. The van der Waals surface area contributed by atoms with Crippen LogP contribution in [0.4, 0.5) is 11.6 Å². The van der Waals surface area contributed by atoms with Crippen molar-refractivity contribution in [2.45, 2.75) is 32.4 Å². The van der Waals surface area contributed by atoms with E-state index in [-0.39, 0.29) is 0 Å². The van der Waals surface area contributed by atoms with E-state index in [1.165, 1.54) is 6.33 Å². The van der Waals surface area contributed by atoms with E-state index in [9.17, 15) is 0 Å². The number of nitrogens with zero attached hydrogens (tertiary/aromatic N) is 5.